The van der Waals surface area contributed by atoms with Crippen LogP contribution in [0.15, 0.2) is 24.3 Å². The van der Waals surface area contributed by atoms with Gasteiger partial charge in [-0.05, 0) is 64.2 Å². The zero-order valence-electron chi connectivity index (χ0n) is 38.7. The van der Waals surface area contributed by atoms with E-state index in [1.54, 1.807) is 0 Å². The second kappa shape index (κ2) is 40.5. The van der Waals surface area contributed by atoms with Crippen LogP contribution in [0.25, 0.3) is 0 Å². The molecule has 0 saturated carbocycles. The number of esters is 2. The highest BCUT2D eigenvalue weighted by Crippen LogP contribution is 2.23. The summed E-state index contributed by atoms with van der Waals surface area (Å²) in [5.41, 5.74) is 0. The molecule has 0 bridgehead atoms. The first kappa shape index (κ1) is 56.7. The molecule has 0 amide bonds. The van der Waals surface area contributed by atoms with Gasteiger partial charge >= 0.3 is 17.9 Å². The molecule has 1 aliphatic rings. The number of carboxylic acids is 1. The largest absolute Gasteiger partial charge is 0.479 e. The highest BCUT2D eigenvalue weighted by Gasteiger charge is 2.47. The Bertz CT molecular complexity index is 1110. The van der Waals surface area contributed by atoms with E-state index in [9.17, 15) is 34.8 Å². The highest BCUT2D eigenvalue weighted by atomic mass is 16.7. The number of carbonyl (C=O) groups is 3. The smallest absolute Gasteiger partial charge is 0.335 e. The van der Waals surface area contributed by atoms with E-state index in [-0.39, 0.29) is 26.1 Å². The van der Waals surface area contributed by atoms with Crippen molar-refractivity contribution in [3.05, 3.63) is 24.3 Å². The summed E-state index contributed by atoms with van der Waals surface area (Å²) in [6.07, 6.45) is 36.5. The van der Waals surface area contributed by atoms with Crippen LogP contribution in [0.3, 0.4) is 0 Å². The number of ether oxygens (including phenoxy) is 4. The average molecular weight is 867 g/mol. The molecule has 1 rings (SSSR count). The summed E-state index contributed by atoms with van der Waals surface area (Å²) in [6.45, 7) is 3.82. The summed E-state index contributed by atoms with van der Waals surface area (Å²) in [7, 11) is 0. The standard InChI is InChI=1S/C50H90O11/c1-3-5-7-9-11-13-15-17-19-21-23-24-26-28-30-32-34-36-38-43(51)58-40-42(41-59-50-47(55)45(53)46(54)48(61-50)49(56)57)60-44(52)39-37-35-33-31-29-27-25-22-20-18-16-14-12-10-8-6-4-2/h18-21,42,45-48,50,53-55H,3-17,22-41H2,1-2H3,(H,56,57)/b20-18-,21-19-. The van der Waals surface area contributed by atoms with E-state index >= 15 is 0 Å². The number of rotatable bonds is 42. The molecular formula is C50H90O11. The summed E-state index contributed by atoms with van der Waals surface area (Å²) < 4.78 is 21.8. The normalized spacial score (nSPS) is 19.8. The van der Waals surface area contributed by atoms with Crippen LogP contribution in [-0.4, -0.2) is 88.4 Å². The van der Waals surface area contributed by atoms with Crippen LogP contribution in [0, 0.1) is 0 Å². The van der Waals surface area contributed by atoms with Crippen molar-refractivity contribution in [1.82, 2.24) is 0 Å². The van der Waals surface area contributed by atoms with Gasteiger partial charge in [0, 0.05) is 12.8 Å². The predicted molar refractivity (Wildman–Crippen MR) is 243 cm³/mol. The maximum atomic E-state index is 12.8. The number of aliphatic hydroxyl groups excluding tert-OH is 3. The number of unbranched alkanes of at least 4 members (excludes halogenated alkanes) is 27. The Balaban J connectivity index is 2.32. The van der Waals surface area contributed by atoms with Crippen LogP contribution >= 0.6 is 0 Å². The summed E-state index contributed by atoms with van der Waals surface area (Å²) >= 11 is 0. The van der Waals surface area contributed by atoms with Crippen molar-refractivity contribution in [1.29, 1.82) is 0 Å². The SMILES string of the molecule is CCCCCCCC/C=C\CCCCCCCCCC(=O)OC(COC(=O)CCCCCCCCC/C=C\CCCCCCCCC)COC1OC(C(=O)O)C(O)C(O)C1O. The molecule has 4 N–H and O–H groups in total. The number of hydrogen-bond donors (Lipinski definition) is 4. The molecule has 0 aromatic heterocycles. The van der Waals surface area contributed by atoms with Crippen molar-refractivity contribution < 1.29 is 53.8 Å². The Morgan fingerprint density at radius 1 is 0.492 bits per heavy atom. The van der Waals surface area contributed by atoms with Crippen LogP contribution in [-0.2, 0) is 33.3 Å². The van der Waals surface area contributed by atoms with E-state index in [0.29, 0.717) is 12.8 Å². The average Bonchev–Trinajstić information content (AvgIpc) is 3.24. The molecule has 0 aromatic carbocycles. The van der Waals surface area contributed by atoms with Gasteiger partial charge in [-0.3, -0.25) is 9.59 Å². The molecule has 11 nitrogen and oxygen atoms in total. The molecule has 1 saturated heterocycles. The molecule has 0 radical (unpaired) electrons. The first-order chi connectivity index (χ1) is 29.7. The lowest BCUT2D eigenvalue weighted by Gasteiger charge is -2.38. The fraction of sp³-hybridized carbons (Fsp3) is 0.860. The molecule has 1 aliphatic heterocycles. The fourth-order valence-corrected chi connectivity index (χ4v) is 7.57. The van der Waals surface area contributed by atoms with Crippen molar-refractivity contribution in [3.8, 4) is 0 Å². The van der Waals surface area contributed by atoms with Gasteiger partial charge in [-0.2, -0.15) is 0 Å². The molecule has 6 unspecified atom stereocenters. The quantitative estimate of drug-likeness (QED) is 0.0262. The Hall–Kier alpha value is -2.31. The lowest BCUT2D eigenvalue weighted by molar-refractivity contribution is -0.298. The molecule has 61 heavy (non-hydrogen) atoms. The van der Waals surface area contributed by atoms with Crippen LogP contribution in [0.5, 0.6) is 0 Å². The predicted octanol–water partition coefficient (Wildman–Crippen LogP) is 11.4. The molecule has 0 aromatic rings. The monoisotopic (exact) mass is 867 g/mol. The summed E-state index contributed by atoms with van der Waals surface area (Å²) in [5.74, 6) is -2.44. The number of aliphatic hydroxyl groups is 3. The second-order valence-corrected chi connectivity index (χ2v) is 17.3. The summed E-state index contributed by atoms with van der Waals surface area (Å²) in [5, 5.41) is 39.9. The summed E-state index contributed by atoms with van der Waals surface area (Å²) in [4.78, 5) is 36.9. The van der Waals surface area contributed by atoms with E-state index in [1.165, 1.54) is 135 Å². The minimum atomic E-state index is -1.86. The van der Waals surface area contributed by atoms with Gasteiger partial charge in [-0.1, -0.05) is 173 Å². The summed E-state index contributed by atoms with van der Waals surface area (Å²) in [6, 6.07) is 0. The van der Waals surface area contributed by atoms with Gasteiger partial charge in [-0.25, -0.2) is 4.79 Å². The number of allylic oxidation sites excluding steroid dienone is 4. The van der Waals surface area contributed by atoms with Crippen LogP contribution in [0.2, 0.25) is 0 Å². The molecule has 356 valence electrons. The van der Waals surface area contributed by atoms with Gasteiger partial charge < -0.3 is 39.4 Å². The molecule has 1 heterocycles. The number of hydrogen-bond acceptors (Lipinski definition) is 10. The van der Waals surface area contributed by atoms with Crippen molar-refractivity contribution in [2.45, 2.75) is 263 Å². The van der Waals surface area contributed by atoms with E-state index in [1.807, 2.05) is 0 Å². The second-order valence-electron chi connectivity index (χ2n) is 17.3. The van der Waals surface area contributed by atoms with Crippen LogP contribution < -0.4 is 0 Å². The van der Waals surface area contributed by atoms with Gasteiger partial charge in [0.1, 0.15) is 24.9 Å². The Morgan fingerprint density at radius 3 is 1.28 bits per heavy atom. The molecule has 6 atom stereocenters. The molecule has 1 fully saturated rings. The lowest BCUT2D eigenvalue weighted by atomic mass is 9.99. The molecular weight excluding hydrogens is 777 g/mol. The first-order valence-electron chi connectivity index (χ1n) is 24.9. The maximum absolute atomic E-state index is 12.8. The highest BCUT2D eigenvalue weighted by molar-refractivity contribution is 5.73. The van der Waals surface area contributed by atoms with Gasteiger partial charge in [0.25, 0.3) is 0 Å². The van der Waals surface area contributed by atoms with E-state index in [2.05, 4.69) is 38.2 Å². The van der Waals surface area contributed by atoms with Crippen molar-refractivity contribution in [3.63, 3.8) is 0 Å². The Kier molecular flexibility index (Phi) is 37.6. The van der Waals surface area contributed by atoms with Crippen molar-refractivity contribution in [2.24, 2.45) is 0 Å². The molecule has 0 aliphatic carbocycles. The maximum Gasteiger partial charge on any atom is 0.335 e. The van der Waals surface area contributed by atoms with Gasteiger partial charge in [-0.15, -0.1) is 0 Å². The Morgan fingerprint density at radius 2 is 0.869 bits per heavy atom. The first-order valence-corrected chi connectivity index (χ1v) is 24.9. The molecule has 0 spiro atoms. The van der Waals surface area contributed by atoms with Crippen molar-refractivity contribution >= 4 is 17.9 Å². The van der Waals surface area contributed by atoms with Gasteiger partial charge in [0.15, 0.2) is 18.5 Å². The third-order valence-corrected chi connectivity index (χ3v) is 11.5. The fourth-order valence-electron chi connectivity index (χ4n) is 7.57. The van der Waals surface area contributed by atoms with Gasteiger partial charge in [0.2, 0.25) is 0 Å². The van der Waals surface area contributed by atoms with Crippen LogP contribution in [0.1, 0.15) is 226 Å². The third-order valence-electron chi connectivity index (χ3n) is 11.5. The number of aliphatic carboxylic acids is 1. The van der Waals surface area contributed by atoms with Crippen molar-refractivity contribution in [2.75, 3.05) is 13.2 Å². The zero-order valence-corrected chi connectivity index (χ0v) is 38.7. The Labute approximate surface area is 370 Å². The topological polar surface area (TPSA) is 169 Å². The third kappa shape index (κ3) is 32.1. The van der Waals surface area contributed by atoms with Crippen LogP contribution in [0.4, 0.5) is 0 Å². The minimum absolute atomic E-state index is 0.179. The zero-order chi connectivity index (χ0) is 44.6. The lowest BCUT2D eigenvalue weighted by Crippen LogP contribution is -2.60. The van der Waals surface area contributed by atoms with E-state index < -0.39 is 54.7 Å². The van der Waals surface area contributed by atoms with E-state index in [4.69, 9.17) is 18.9 Å². The van der Waals surface area contributed by atoms with Gasteiger partial charge in [0.05, 0.1) is 6.61 Å². The number of carbonyl (C=O) groups excluding carboxylic acids is 2. The minimum Gasteiger partial charge on any atom is -0.479 e. The van der Waals surface area contributed by atoms with E-state index in [0.717, 1.165) is 51.4 Å². The number of carboxylic acid groups (broad SMARTS) is 1. The molecule has 11 heteroatoms.